The maximum atomic E-state index is 11.5. The van der Waals surface area contributed by atoms with Gasteiger partial charge in [-0.25, -0.2) is 0 Å². The molecule has 0 aromatic carbocycles. The lowest BCUT2D eigenvalue weighted by Gasteiger charge is -2.57. The van der Waals surface area contributed by atoms with Gasteiger partial charge >= 0.3 is 5.97 Å². The summed E-state index contributed by atoms with van der Waals surface area (Å²) in [6.07, 6.45) is 5.85. The molecule has 0 aromatic rings. The van der Waals surface area contributed by atoms with Crippen LogP contribution in [-0.4, -0.2) is 15.0 Å². The van der Waals surface area contributed by atoms with Crippen LogP contribution >= 0.6 is 22.6 Å². The summed E-state index contributed by atoms with van der Waals surface area (Å²) < 4.78 is 0.394. The lowest BCUT2D eigenvalue weighted by molar-refractivity contribution is -0.162. The fourth-order valence-corrected chi connectivity index (χ4v) is 5.63. The Kier molecular flexibility index (Phi) is 1.93. The first-order valence-corrected chi connectivity index (χ1v) is 6.74. The average molecular weight is 306 g/mol. The molecule has 4 fully saturated rings. The molecule has 5 atom stereocenters. The Morgan fingerprint density at radius 3 is 2.29 bits per heavy atom. The van der Waals surface area contributed by atoms with Crippen molar-refractivity contribution in [3.63, 3.8) is 0 Å². The highest BCUT2D eigenvalue weighted by atomic mass is 127. The summed E-state index contributed by atoms with van der Waals surface area (Å²) in [5.41, 5.74) is -0.338. The third-order valence-corrected chi connectivity index (χ3v) is 6.82. The van der Waals surface area contributed by atoms with E-state index in [1.807, 2.05) is 0 Å². The van der Waals surface area contributed by atoms with Crippen molar-refractivity contribution >= 4 is 28.6 Å². The number of halogens is 1. The molecule has 0 spiro atoms. The molecule has 0 radical (unpaired) electrons. The molecule has 4 aliphatic rings. The molecule has 0 aliphatic heterocycles. The summed E-state index contributed by atoms with van der Waals surface area (Å²) >= 11 is 2.41. The lowest BCUT2D eigenvalue weighted by Crippen LogP contribution is -2.57. The Hall–Kier alpha value is 0.200. The minimum atomic E-state index is -0.518. The summed E-state index contributed by atoms with van der Waals surface area (Å²) in [6.45, 7) is 0. The van der Waals surface area contributed by atoms with Crippen LogP contribution in [0.5, 0.6) is 0 Å². The van der Waals surface area contributed by atoms with Gasteiger partial charge in [-0.1, -0.05) is 22.6 Å². The quantitative estimate of drug-likeness (QED) is 0.597. The number of carboxylic acids is 1. The van der Waals surface area contributed by atoms with Crippen LogP contribution in [0.1, 0.15) is 32.1 Å². The number of carbonyl (C=O) groups is 1. The number of carboxylic acid groups (broad SMARTS) is 1. The summed E-state index contributed by atoms with van der Waals surface area (Å²) in [5, 5.41) is 9.44. The lowest BCUT2D eigenvalue weighted by atomic mass is 9.49. The number of aliphatic carboxylic acids is 1. The Morgan fingerprint density at radius 1 is 1.21 bits per heavy atom. The largest absolute Gasteiger partial charge is 0.481 e. The first-order chi connectivity index (χ1) is 6.62. The van der Waals surface area contributed by atoms with Gasteiger partial charge in [-0.05, 0) is 49.9 Å². The van der Waals surface area contributed by atoms with Crippen molar-refractivity contribution in [2.45, 2.75) is 36.0 Å². The van der Waals surface area contributed by atoms with Crippen LogP contribution in [-0.2, 0) is 4.79 Å². The zero-order valence-corrected chi connectivity index (χ0v) is 10.2. The zero-order chi connectivity index (χ0) is 9.92. The maximum Gasteiger partial charge on any atom is 0.310 e. The second-order valence-corrected chi connectivity index (χ2v) is 6.81. The minimum Gasteiger partial charge on any atom is -0.481 e. The van der Waals surface area contributed by atoms with E-state index >= 15 is 0 Å². The molecule has 4 aliphatic carbocycles. The Morgan fingerprint density at radius 2 is 1.79 bits per heavy atom. The molecule has 4 rings (SSSR count). The highest BCUT2D eigenvalue weighted by molar-refractivity contribution is 14.1. The van der Waals surface area contributed by atoms with Gasteiger partial charge in [0.15, 0.2) is 0 Å². The van der Waals surface area contributed by atoms with E-state index in [0.29, 0.717) is 9.84 Å². The van der Waals surface area contributed by atoms with Crippen molar-refractivity contribution in [1.29, 1.82) is 0 Å². The third-order valence-electron chi connectivity index (χ3n) is 4.61. The van der Waals surface area contributed by atoms with Gasteiger partial charge < -0.3 is 5.11 Å². The topological polar surface area (TPSA) is 37.3 Å². The summed E-state index contributed by atoms with van der Waals surface area (Å²) in [5.74, 6) is 1.65. The molecule has 0 heterocycles. The van der Waals surface area contributed by atoms with Crippen LogP contribution in [0, 0.1) is 23.2 Å². The van der Waals surface area contributed by atoms with Crippen molar-refractivity contribution in [3.05, 3.63) is 0 Å². The standard InChI is InChI=1S/C11H15IO2/c12-9-8-2-6-1-7(3-8)5-11(9,4-6)10(13)14/h6-9H,1-5H2,(H,13,14)/t6-,7+,8?,9?,11?. The van der Waals surface area contributed by atoms with Gasteiger partial charge in [-0.3, -0.25) is 4.79 Å². The van der Waals surface area contributed by atoms with Crippen molar-refractivity contribution < 1.29 is 9.90 Å². The summed E-state index contributed by atoms with van der Waals surface area (Å²) in [6, 6.07) is 0. The van der Waals surface area contributed by atoms with E-state index in [0.717, 1.165) is 24.7 Å². The predicted octanol–water partition coefficient (Wildman–Crippen LogP) is 2.70. The van der Waals surface area contributed by atoms with Gasteiger partial charge in [0.2, 0.25) is 0 Å². The van der Waals surface area contributed by atoms with Crippen LogP contribution in [0.3, 0.4) is 0 Å². The van der Waals surface area contributed by atoms with Crippen LogP contribution in [0.2, 0.25) is 0 Å². The number of rotatable bonds is 1. The second-order valence-electron chi connectivity index (χ2n) is 5.47. The molecule has 4 bridgehead atoms. The fraction of sp³-hybridized carbons (Fsp3) is 0.909. The van der Waals surface area contributed by atoms with Crippen molar-refractivity contribution in [3.8, 4) is 0 Å². The summed E-state index contributed by atoms with van der Waals surface area (Å²) in [4.78, 5) is 11.5. The van der Waals surface area contributed by atoms with E-state index in [-0.39, 0.29) is 5.41 Å². The van der Waals surface area contributed by atoms with Crippen LogP contribution in [0.25, 0.3) is 0 Å². The Balaban J connectivity index is 2.01. The molecule has 14 heavy (non-hydrogen) atoms. The second kappa shape index (κ2) is 2.86. The van der Waals surface area contributed by atoms with E-state index in [9.17, 15) is 9.90 Å². The fourth-order valence-electron chi connectivity index (χ4n) is 4.27. The van der Waals surface area contributed by atoms with Gasteiger partial charge in [0.05, 0.1) is 5.41 Å². The van der Waals surface area contributed by atoms with Gasteiger partial charge in [0.1, 0.15) is 0 Å². The van der Waals surface area contributed by atoms with Gasteiger partial charge in [0.25, 0.3) is 0 Å². The van der Waals surface area contributed by atoms with E-state index in [2.05, 4.69) is 22.6 Å². The average Bonchev–Trinajstić information content (AvgIpc) is 2.12. The zero-order valence-electron chi connectivity index (χ0n) is 8.08. The van der Waals surface area contributed by atoms with Crippen LogP contribution in [0.15, 0.2) is 0 Å². The van der Waals surface area contributed by atoms with E-state index in [4.69, 9.17) is 0 Å². The molecule has 78 valence electrons. The first-order valence-electron chi connectivity index (χ1n) is 5.49. The van der Waals surface area contributed by atoms with Gasteiger partial charge in [0, 0.05) is 3.92 Å². The third kappa shape index (κ3) is 1.05. The van der Waals surface area contributed by atoms with E-state index in [1.165, 1.54) is 19.3 Å². The Labute approximate surface area is 97.6 Å². The smallest absolute Gasteiger partial charge is 0.310 e. The maximum absolute atomic E-state index is 11.5. The number of hydrogen-bond acceptors (Lipinski definition) is 1. The van der Waals surface area contributed by atoms with Crippen LogP contribution < -0.4 is 0 Å². The predicted molar refractivity (Wildman–Crippen MR) is 61.4 cm³/mol. The van der Waals surface area contributed by atoms with Crippen molar-refractivity contribution in [2.24, 2.45) is 23.2 Å². The van der Waals surface area contributed by atoms with Crippen LogP contribution in [0.4, 0.5) is 0 Å². The normalized spacial score (nSPS) is 54.9. The molecule has 0 amide bonds. The molecule has 0 aromatic heterocycles. The molecule has 1 N–H and O–H groups in total. The first kappa shape index (κ1) is 9.43. The molecule has 2 nitrogen and oxygen atoms in total. The molecular weight excluding hydrogens is 291 g/mol. The van der Waals surface area contributed by atoms with Gasteiger partial charge in [-0.2, -0.15) is 0 Å². The monoisotopic (exact) mass is 306 g/mol. The SMILES string of the molecule is O=C(O)C12C[C@@H]3CC(C[C@@H](C3)C1)C2I. The molecule has 3 unspecified atom stereocenters. The Bertz CT molecular complexity index is 275. The molecular formula is C11H15IO2. The number of alkyl halides is 1. The molecule has 4 saturated carbocycles. The van der Waals surface area contributed by atoms with E-state index in [1.54, 1.807) is 0 Å². The highest BCUT2D eigenvalue weighted by Crippen LogP contribution is 2.62. The number of hydrogen-bond donors (Lipinski definition) is 1. The van der Waals surface area contributed by atoms with Gasteiger partial charge in [-0.15, -0.1) is 0 Å². The highest BCUT2D eigenvalue weighted by Gasteiger charge is 2.59. The van der Waals surface area contributed by atoms with E-state index < -0.39 is 5.97 Å². The van der Waals surface area contributed by atoms with Crippen molar-refractivity contribution in [1.82, 2.24) is 0 Å². The molecule has 0 saturated heterocycles. The molecule has 3 heteroatoms. The minimum absolute atomic E-state index is 0.338. The summed E-state index contributed by atoms with van der Waals surface area (Å²) in [7, 11) is 0. The van der Waals surface area contributed by atoms with Crippen molar-refractivity contribution in [2.75, 3.05) is 0 Å².